The van der Waals surface area contributed by atoms with Crippen molar-refractivity contribution in [3.8, 4) is 0 Å². The SMILES string of the molecule is Cc1ccc(C(O)c2cc(F)ccc2F)cc1. The third-order valence-electron chi connectivity index (χ3n) is 2.65. The Kier molecular flexibility index (Phi) is 3.20. The van der Waals surface area contributed by atoms with Gasteiger partial charge in [-0.15, -0.1) is 0 Å². The highest BCUT2D eigenvalue weighted by atomic mass is 19.1. The van der Waals surface area contributed by atoms with Gasteiger partial charge >= 0.3 is 0 Å². The van der Waals surface area contributed by atoms with E-state index < -0.39 is 17.7 Å². The monoisotopic (exact) mass is 234 g/mol. The molecule has 3 heteroatoms. The number of halogens is 2. The minimum absolute atomic E-state index is 0.0474. The molecule has 0 saturated carbocycles. The van der Waals surface area contributed by atoms with Gasteiger partial charge in [0.25, 0.3) is 0 Å². The molecule has 0 heterocycles. The van der Waals surface area contributed by atoms with Crippen molar-refractivity contribution in [1.82, 2.24) is 0 Å². The van der Waals surface area contributed by atoms with Crippen LogP contribution in [0.15, 0.2) is 42.5 Å². The Morgan fingerprint density at radius 1 is 1.00 bits per heavy atom. The standard InChI is InChI=1S/C14H12F2O/c1-9-2-4-10(5-3-9)14(17)12-8-11(15)6-7-13(12)16/h2-8,14,17H,1H3. The van der Waals surface area contributed by atoms with Crippen molar-refractivity contribution in [3.63, 3.8) is 0 Å². The van der Waals surface area contributed by atoms with Crippen LogP contribution in [-0.2, 0) is 0 Å². The minimum atomic E-state index is -1.15. The zero-order valence-electron chi connectivity index (χ0n) is 9.32. The first-order valence-electron chi connectivity index (χ1n) is 5.27. The second-order valence-electron chi connectivity index (χ2n) is 3.98. The molecule has 0 amide bonds. The summed E-state index contributed by atoms with van der Waals surface area (Å²) in [6.45, 7) is 1.92. The van der Waals surface area contributed by atoms with Crippen molar-refractivity contribution < 1.29 is 13.9 Å². The van der Waals surface area contributed by atoms with Crippen molar-refractivity contribution in [2.45, 2.75) is 13.0 Å². The molecular weight excluding hydrogens is 222 g/mol. The average molecular weight is 234 g/mol. The van der Waals surface area contributed by atoms with Crippen LogP contribution in [0.1, 0.15) is 22.8 Å². The number of aryl methyl sites for hydroxylation is 1. The molecule has 0 aliphatic heterocycles. The summed E-state index contributed by atoms with van der Waals surface area (Å²) in [6, 6.07) is 10.1. The highest BCUT2D eigenvalue weighted by Crippen LogP contribution is 2.25. The van der Waals surface area contributed by atoms with Gasteiger partial charge in [0.2, 0.25) is 0 Å². The molecule has 2 aromatic rings. The zero-order valence-corrected chi connectivity index (χ0v) is 9.32. The van der Waals surface area contributed by atoms with Crippen molar-refractivity contribution >= 4 is 0 Å². The van der Waals surface area contributed by atoms with Crippen molar-refractivity contribution in [2.75, 3.05) is 0 Å². The van der Waals surface area contributed by atoms with Gasteiger partial charge in [-0.1, -0.05) is 29.8 Å². The molecule has 1 nitrogen and oxygen atoms in total. The van der Waals surface area contributed by atoms with Crippen LogP contribution in [0.3, 0.4) is 0 Å². The molecule has 0 aliphatic carbocycles. The summed E-state index contributed by atoms with van der Waals surface area (Å²) < 4.78 is 26.5. The Morgan fingerprint density at radius 2 is 1.65 bits per heavy atom. The van der Waals surface area contributed by atoms with Crippen LogP contribution in [0.4, 0.5) is 8.78 Å². The highest BCUT2D eigenvalue weighted by molar-refractivity contribution is 5.32. The van der Waals surface area contributed by atoms with Crippen LogP contribution in [0.2, 0.25) is 0 Å². The molecule has 1 N–H and O–H groups in total. The summed E-state index contributed by atoms with van der Waals surface area (Å²) in [5.74, 6) is -1.17. The van der Waals surface area contributed by atoms with Crippen molar-refractivity contribution in [2.24, 2.45) is 0 Å². The minimum Gasteiger partial charge on any atom is -0.384 e. The lowest BCUT2D eigenvalue weighted by molar-refractivity contribution is 0.214. The molecule has 0 saturated heterocycles. The van der Waals surface area contributed by atoms with Crippen LogP contribution in [0.5, 0.6) is 0 Å². The molecule has 0 bridgehead atoms. The van der Waals surface area contributed by atoms with Gasteiger partial charge in [0, 0.05) is 5.56 Å². The fourth-order valence-corrected chi connectivity index (χ4v) is 1.65. The van der Waals surface area contributed by atoms with E-state index >= 15 is 0 Å². The van der Waals surface area contributed by atoms with E-state index in [1.54, 1.807) is 12.1 Å². The van der Waals surface area contributed by atoms with Gasteiger partial charge in [-0.05, 0) is 30.7 Å². The van der Waals surface area contributed by atoms with Gasteiger partial charge < -0.3 is 5.11 Å². The Balaban J connectivity index is 2.39. The van der Waals surface area contributed by atoms with Crippen molar-refractivity contribution in [1.29, 1.82) is 0 Å². The van der Waals surface area contributed by atoms with Gasteiger partial charge in [0.15, 0.2) is 0 Å². The quantitative estimate of drug-likeness (QED) is 0.844. The van der Waals surface area contributed by atoms with E-state index in [1.807, 2.05) is 19.1 Å². The Labute approximate surface area is 98.3 Å². The van der Waals surface area contributed by atoms with E-state index in [9.17, 15) is 13.9 Å². The molecule has 0 aliphatic rings. The molecule has 1 atom stereocenters. The van der Waals surface area contributed by atoms with E-state index in [1.165, 1.54) is 0 Å². The van der Waals surface area contributed by atoms with Gasteiger partial charge in [-0.25, -0.2) is 8.78 Å². The molecule has 0 radical (unpaired) electrons. The molecular formula is C14H12F2O. The van der Waals surface area contributed by atoms with E-state index in [0.717, 1.165) is 23.8 Å². The largest absolute Gasteiger partial charge is 0.384 e. The van der Waals surface area contributed by atoms with Gasteiger partial charge in [-0.3, -0.25) is 0 Å². The maximum atomic E-state index is 13.5. The zero-order chi connectivity index (χ0) is 12.4. The topological polar surface area (TPSA) is 20.2 Å². The summed E-state index contributed by atoms with van der Waals surface area (Å²) in [5, 5.41) is 9.98. The number of benzene rings is 2. The molecule has 0 fully saturated rings. The van der Waals surface area contributed by atoms with Gasteiger partial charge in [0.05, 0.1) is 0 Å². The smallest absolute Gasteiger partial charge is 0.129 e. The predicted octanol–water partition coefficient (Wildman–Crippen LogP) is 3.35. The first-order valence-corrected chi connectivity index (χ1v) is 5.27. The van der Waals surface area contributed by atoms with Crippen LogP contribution in [-0.4, -0.2) is 5.11 Å². The summed E-state index contributed by atoms with van der Waals surface area (Å²) >= 11 is 0. The summed E-state index contributed by atoms with van der Waals surface area (Å²) in [5.41, 5.74) is 1.54. The highest BCUT2D eigenvalue weighted by Gasteiger charge is 2.15. The van der Waals surface area contributed by atoms with Crippen LogP contribution in [0.25, 0.3) is 0 Å². The maximum absolute atomic E-state index is 13.5. The van der Waals surface area contributed by atoms with E-state index in [-0.39, 0.29) is 5.56 Å². The van der Waals surface area contributed by atoms with Crippen LogP contribution >= 0.6 is 0 Å². The lowest BCUT2D eigenvalue weighted by atomic mass is 10.00. The lowest BCUT2D eigenvalue weighted by Crippen LogP contribution is -2.03. The molecule has 0 aromatic heterocycles. The lowest BCUT2D eigenvalue weighted by Gasteiger charge is -2.12. The fourth-order valence-electron chi connectivity index (χ4n) is 1.65. The van der Waals surface area contributed by atoms with Crippen LogP contribution in [0, 0.1) is 18.6 Å². The van der Waals surface area contributed by atoms with E-state index in [2.05, 4.69) is 0 Å². The third kappa shape index (κ3) is 2.50. The number of aliphatic hydroxyl groups excluding tert-OH is 1. The number of aliphatic hydroxyl groups is 1. The first kappa shape index (κ1) is 11.7. The number of hydrogen-bond donors (Lipinski definition) is 1. The van der Waals surface area contributed by atoms with E-state index in [4.69, 9.17) is 0 Å². The molecule has 88 valence electrons. The molecule has 1 unspecified atom stereocenters. The van der Waals surface area contributed by atoms with Gasteiger partial charge in [0.1, 0.15) is 17.7 Å². The summed E-state index contributed by atoms with van der Waals surface area (Å²) in [7, 11) is 0. The summed E-state index contributed by atoms with van der Waals surface area (Å²) in [4.78, 5) is 0. The Hall–Kier alpha value is -1.74. The second-order valence-corrected chi connectivity index (χ2v) is 3.98. The second kappa shape index (κ2) is 4.63. The normalized spacial score (nSPS) is 12.5. The predicted molar refractivity (Wildman–Crippen MR) is 61.6 cm³/mol. The first-order chi connectivity index (χ1) is 8.08. The number of hydrogen-bond acceptors (Lipinski definition) is 1. The summed E-state index contributed by atoms with van der Waals surface area (Å²) in [6.07, 6.45) is -1.15. The van der Waals surface area contributed by atoms with Crippen molar-refractivity contribution in [3.05, 3.63) is 70.8 Å². The molecule has 17 heavy (non-hydrogen) atoms. The average Bonchev–Trinajstić information content (AvgIpc) is 2.32. The Morgan fingerprint density at radius 3 is 2.29 bits per heavy atom. The fraction of sp³-hybridized carbons (Fsp3) is 0.143. The Bertz CT molecular complexity index is 520. The molecule has 0 spiro atoms. The van der Waals surface area contributed by atoms with E-state index in [0.29, 0.717) is 5.56 Å². The van der Waals surface area contributed by atoms with Crippen LogP contribution < -0.4 is 0 Å². The number of rotatable bonds is 2. The van der Waals surface area contributed by atoms with Gasteiger partial charge in [-0.2, -0.15) is 0 Å². The third-order valence-corrected chi connectivity index (χ3v) is 2.65. The maximum Gasteiger partial charge on any atom is 0.129 e. The molecule has 2 rings (SSSR count). The molecule has 2 aromatic carbocycles.